The topological polar surface area (TPSA) is 59.4 Å². The third-order valence-electron chi connectivity index (χ3n) is 3.88. The van der Waals surface area contributed by atoms with Gasteiger partial charge < -0.3 is 9.84 Å². The molecule has 4 nitrogen and oxygen atoms in total. The van der Waals surface area contributed by atoms with E-state index >= 15 is 0 Å². The molecule has 2 heterocycles. The first kappa shape index (κ1) is 18.7. The summed E-state index contributed by atoms with van der Waals surface area (Å²) in [5.41, 5.74) is -2.68. The Morgan fingerprint density at radius 2 is 1.85 bits per heavy atom. The summed E-state index contributed by atoms with van der Waals surface area (Å²) in [5.74, 6) is -1.18. The third kappa shape index (κ3) is 3.30. The highest BCUT2D eigenvalue weighted by Gasteiger charge is 2.58. The number of carboxylic acids is 1. The van der Waals surface area contributed by atoms with Crippen LogP contribution >= 0.6 is 23.2 Å². The van der Waals surface area contributed by atoms with Crippen LogP contribution in [0.25, 0.3) is 5.57 Å². The van der Waals surface area contributed by atoms with Crippen molar-refractivity contribution >= 4 is 34.7 Å². The number of aromatic carboxylic acids is 1. The molecule has 0 spiro atoms. The largest absolute Gasteiger partial charge is 0.478 e. The Kier molecular flexibility index (Phi) is 4.72. The fourth-order valence-corrected chi connectivity index (χ4v) is 3.17. The third-order valence-corrected chi connectivity index (χ3v) is 4.32. The van der Waals surface area contributed by atoms with Crippen molar-refractivity contribution in [2.75, 3.05) is 6.61 Å². The lowest BCUT2D eigenvalue weighted by Crippen LogP contribution is -2.41. The van der Waals surface area contributed by atoms with Gasteiger partial charge >= 0.3 is 12.1 Å². The standard InChI is InChI=1S/C17H10Cl2F3NO3/c18-12-3-11(4-13(19)5-12)16(17(20,21)22)6-10(8-26-16)14-2-1-9(7-23-14)15(24)25/h1-7H,8H2,(H,24,25). The zero-order valence-electron chi connectivity index (χ0n) is 12.8. The molecule has 1 aliphatic rings. The van der Waals surface area contributed by atoms with Gasteiger partial charge in [-0.25, -0.2) is 4.79 Å². The van der Waals surface area contributed by atoms with Crippen LogP contribution in [-0.4, -0.2) is 28.8 Å². The minimum absolute atomic E-state index is 0.0468. The van der Waals surface area contributed by atoms with E-state index in [4.69, 9.17) is 33.0 Å². The lowest BCUT2D eigenvalue weighted by atomic mass is 9.91. The minimum Gasteiger partial charge on any atom is -0.478 e. The second kappa shape index (κ2) is 6.57. The highest BCUT2D eigenvalue weighted by atomic mass is 35.5. The summed E-state index contributed by atoms with van der Waals surface area (Å²) in [6.45, 7) is -0.358. The van der Waals surface area contributed by atoms with Crippen LogP contribution in [-0.2, 0) is 10.3 Å². The molecule has 0 saturated heterocycles. The molecule has 1 aliphatic heterocycles. The summed E-state index contributed by atoms with van der Waals surface area (Å²) in [6.07, 6.45) is -2.79. The van der Waals surface area contributed by atoms with E-state index in [-0.39, 0.29) is 39.0 Å². The van der Waals surface area contributed by atoms with Crippen LogP contribution in [0.1, 0.15) is 21.6 Å². The smallest absolute Gasteiger partial charge is 0.425 e. The number of carbonyl (C=O) groups is 1. The maximum atomic E-state index is 13.9. The van der Waals surface area contributed by atoms with Crippen LogP contribution in [0.2, 0.25) is 10.0 Å². The van der Waals surface area contributed by atoms with E-state index in [0.29, 0.717) is 0 Å². The number of alkyl halides is 3. The van der Waals surface area contributed by atoms with E-state index in [0.717, 1.165) is 24.4 Å². The number of hydrogen-bond donors (Lipinski definition) is 1. The maximum absolute atomic E-state index is 13.9. The number of halogens is 5. The van der Waals surface area contributed by atoms with E-state index in [2.05, 4.69) is 4.98 Å². The van der Waals surface area contributed by atoms with Gasteiger partial charge in [0.25, 0.3) is 0 Å². The fourth-order valence-electron chi connectivity index (χ4n) is 2.64. The molecule has 1 aromatic heterocycles. The summed E-state index contributed by atoms with van der Waals surface area (Å²) in [7, 11) is 0. The van der Waals surface area contributed by atoms with Crippen LogP contribution in [0, 0.1) is 0 Å². The van der Waals surface area contributed by atoms with Gasteiger partial charge in [0.1, 0.15) is 0 Å². The van der Waals surface area contributed by atoms with Gasteiger partial charge in [-0.05, 0) is 42.0 Å². The fraction of sp³-hybridized carbons (Fsp3) is 0.176. The number of pyridine rings is 1. The predicted molar refractivity (Wildman–Crippen MR) is 89.3 cm³/mol. The molecule has 0 bridgehead atoms. The van der Waals surface area contributed by atoms with Crippen molar-refractivity contribution in [3.8, 4) is 0 Å². The Morgan fingerprint density at radius 3 is 2.35 bits per heavy atom. The average molecular weight is 404 g/mol. The minimum atomic E-state index is -4.77. The molecule has 1 N–H and O–H groups in total. The van der Waals surface area contributed by atoms with Gasteiger partial charge in [-0.3, -0.25) is 4.98 Å². The number of nitrogens with zero attached hydrogens (tertiary/aromatic N) is 1. The van der Waals surface area contributed by atoms with E-state index < -0.39 is 17.7 Å². The predicted octanol–water partition coefficient (Wildman–Crippen LogP) is 4.96. The molecule has 0 amide bonds. The summed E-state index contributed by atoms with van der Waals surface area (Å²) in [4.78, 5) is 14.8. The molecule has 0 radical (unpaired) electrons. The monoisotopic (exact) mass is 403 g/mol. The molecule has 26 heavy (non-hydrogen) atoms. The van der Waals surface area contributed by atoms with Crippen molar-refractivity contribution in [3.63, 3.8) is 0 Å². The number of aromatic nitrogens is 1. The molecular weight excluding hydrogens is 394 g/mol. The number of carboxylic acid groups (broad SMARTS) is 1. The quantitative estimate of drug-likeness (QED) is 0.786. The Balaban J connectivity index is 2.09. The van der Waals surface area contributed by atoms with Crippen molar-refractivity contribution in [2.45, 2.75) is 11.8 Å². The van der Waals surface area contributed by atoms with Gasteiger partial charge in [0.2, 0.25) is 5.60 Å². The molecule has 3 rings (SSSR count). The Labute approximate surface area is 155 Å². The van der Waals surface area contributed by atoms with Crippen LogP contribution in [0.15, 0.2) is 42.6 Å². The van der Waals surface area contributed by atoms with Gasteiger partial charge in [-0.15, -0.1) is 0 Å². The van der Waals surface area contributed by atoms with Gasteiger partial charge in [-0.1, -0.05) is 23.2 Å². The van der Waals surface area contributed by atoms with Crippen LogP contribution in [0.4, 0.5) is 13.2 Å². The molecule has 0 aliphatic carbocycles. The first-order valence-electron chi connectivity index (χ1n) is 7.21. The van der Waals surface area contributed by atoms with Crippen molar-refractivity contribution in [1.82, 2.24) is 4.98 Å². The molecule has 0 fully saturated rings. The molecule has 1 aromatic carbocycles. The molecular formula is C17H10Cl2F3NO3. The Morgan fingerprint density at radius 1 is 1.19 bits per heavy atom. The van der Waals surface area contributed by atoms with E-state index in [1.165, 1.54) is 18.2 Å². The normalized spacial score (nSPS) is 20.1. The number of rotatable bonds is 3. The van der Waals surface area contributed by atoms with Crippen molar-refractivity contribution in [1.29, 1.82) is 0 Å². The second-order valence-electron chi connectivity index (χ2n) is 5.59. The van der Waals surface area contributed by atoms with E-state index in [9.17, 15) is 18.0 Å². The number of ether oxygens (including phenoxy) is 1. The Hall–Kier alpha value is -2.09. The van der Waals surface area contributed by atoms with Crippen molar-refractivity contribution in [2.24, 2.45) is 0 Å². The molecule has 0 saturated carbocycles. The summed E-state index contributed by atoms with van der Waals surface area (Å²) in [5, 5.41) is 8.97. The van der Waals surface area contributed by atoms with Crippen LogP contribution < -0.4 is 0 Å². The van der Waals surface area contributed by atoms with Crippen LogP contribution in [0.5, 0.6) is 0 Å². The highest BCUT2D eigenvalue weighted by Crippen LogP contribution is 2.49. The van der Waals surface area contributed by atoms with Gasteiger partial charge in [0.15, 0.2) is 0 Å². The first-order valence-corrected chi connectivity index (χ1v) is 7.97. The van der Waals surface area contributed by atoms with Crippen molar-refractivity contribution in [3.05, 3.63) is 69.5 Å². The molecule has 2 aromatic rings. The molecule has 1 atom stereocenters. The van der Waals surface area contributed by atoms with Gasteiger partial charge in [0.05, 0.1) is 17.9 Å². The summed E-state index contributed by atoms with van der Waals surface area (Å²) < 4.78 is 46.8. The molecule has 9 heteroatoms. The molecule has 1 unspecified atom stereocenters. The maximum Gasteiger partial charge on any atom is 0.425 e. The number of benzene rings is 1. The number of hydrogen-bond acceptors (Lipinski definition) is 3. The van der Waals surface area contributed by atoms with Crippen LogP contribution in [0.3, 0.4) is 0 Å². The lowest BCUT2D eigenvalue weighted by Gasteiger charge is -2.30. The first-order chi connectivity index (χ1) is 12.1. The zero-order valence-corrected chi connectivity index (χ0v) is 14.4. The van der Waals surface area contributed by atoms with Crippen molar-refractivity contribution < 1.29 is 27.8 Å². The molecule has 136 valence electrons. The zero-order chi connectivity index (χ0) is 19.1. The summed E-state index contributed by atoms with van der Waals surface area (Å²) in [6, 6.07) is 6.19. The summed E-state index contributed by atoms with van der Waals surface area (Å²) >= 11 is 11.7. The van der Waals surface area contributed by atoms with E-state index in [1.807, 2.05) is 0 Å². The lowest BCUT2D eigenvalue weighted by molar-refractivity contribution is -0.254. The SMILES string of the molecule is O=C(O)c1ccc(C2=CC(c3cc(Cl)cc(Cl)c3)(C(F)(F)F)OC2)nc1. The highest BCUT2D eigenvalue weighted by molar-refractivity contribution is 6.34. The van der Waals surface area contributed by atoms with Gasteiger partial charge in [-0.2, -0.15) is 13.2 Å². The average Bonchev–Trinajstić information content (AvgIpc) is 3.00. The second-order valence-corrected chi connectivity index (χ2v) is 6.46. The van der Waals surface area contributed by atoms with Gasteiger partial charge in [0, 0.05) is 21.8 Å². The van der Waals surface area contributed by atoms with E-state index in [1.54, 1.807) is 0 Å². The Bertz CT molecular complexity index is 877.